The maximum atomic E-state index is 13.9. The highest BCUT2D eigenvalue weighted by Crippen LogP contribution is 2.58. The van der Waals surface area contributed by atoms with Gasteiger partial charge in [0.05, 0.1) is 34.1 Å². The second-order valence-corrected chi connectivity index (χ2v) is 12.9. The summed E-state index contributed by atoms with van der Waals surface area (Å²) in [6, 6.07) is 5.77. The molecule has 3 atom stereocenters. The van der Waals surface area contributed by atoms with Crippen molar-refractivity contribution in [1.82, 2.24) is 30.2 Å². The Bertz CT molecular complexity index is 1420. The van der Waals surface area contributed by atoms with E-state index in [0.29, 0.717) is 0 Å². The summed E-state index contributed by atoms with van der Waals surface area (Å²) in [5.74, 6) is -0.926. The maximum Gasteiger partial charge on any atom is 0.400 e. The van der Waals surface area contributed by atoms with E-state index in [4.69, 9.17) is 0 Å². The van der Waals surface area contributed by atoms with Crippen molar-refractivity contribution in [2.45, 2.75) is 83.3 Å². The standard InChI is InChI=1S/C28H33F3N6O3S/c1-16-22(41-15-33-16)18-7-5-17(6-8-18)12-32-24(39)20-11-19(38)13-36(20)25(40)23(26(2,3)4)37-14-21(34-35-37)27(9-10-27)28(29,30)31/h5-8,14-15,19-20,23,38H,9-13H2,1-4H3,(H,32,39). The number of thiazole rings is 1. The Morgan fingerprint density at radius 1 is 1.20 bits per heavy atom. The molecule has 13 heteroatoms. The van der Waals surface area contributed by atoms with Gasteiger partial charge in [-0.1, -0.05) is 50.3 Å². The fraction of sp³-hybridized carbons (Fsp3) is 0.536. The molecular weight excluding hydrogens is 557 g/mol. The third-order valence-corrected chi connectivity index (χ3v) is 8.88. The molecule has 0 spiro atoms. The van der Waals surface area contributed by atoms with Crippen LogP contribution < -0.4 is 5.32 Å². The van der Waals surface area contributed by atoms with Gasteiger partial charge in [-0.2, -0.15) is 13.2 Å². The van der Waals surface area contributed by atoms with E-state index in [1.807, 2.05) is 31.2 Å². The summed E-state index contributed by atoms with van der Waals surface area (Å²) < 4.78 is 42.2. The summed E-state index contributed by atoms with van der Waals surface area (Å²) in [6.07, 6.45) is -4.26. The van der Waals surface area contributed by atoms with Crippen LogP contribution >= 0.6 is 11.3 Å². The fourth-order valence-electron chi connectivity index (χ4n) is 5.44. The number of hydrogen-bond acceptors (Lipinski definition) is 7. The van der Waals surface area contributed by atoms with Gasteiger partial charge < -0.3 is 15.3 Å². The largest absolute Gasteiger partial charge is 0.400 e. The van der Waals surface area contributed by atoms with Crippen LogP contribution in [0.5, 0.6) is 0 Å². The zero-order chi connectivity index (χ0) is 29.7. The summed E-state index contributed by atoms with van der Waals surface area (Å²) in [5.41, 5.74) is 1.62. The summed E-state index contributed by atoms with van der Waals surface area (Å²) in [6.45, 7) is 7.41. The number of amides is 2. The van der Waals surface area contributed by atoms with Crippen molar-refractivity contribution in [3.8, 4) is 10.4 Å². The van der Waals surface area contributed by atoms with Gasteiger partial charge in [0.25, 0.3) is 0 Å². The van der Waals surface area contributed by atoms with Crippen LogP contribution in [0, 0.1) is 12.3 Å². The molecule has 1 saturated heterocycles. The zero-order valence-electron chi connectivity index (χ0n) is 23.3. The Balaban J connectivity index is 1.30. The van der Waals surface area contributed by atoms with Crippen LogP contribution in [-0.4, -0.2) is 66.7 Å². The normalized spacial score (nSPS) is 21.1. The number of carbonyl (C=O) groups is 2. The van der Waals surface area contributed by atoms with Crippen LogP contribution in [0.1, 0.15) is 63.0 Å². The number of aliphatic hydroxyl groups is 1. The van der Waals surface area contributed by atoms with Crippen molar-refractivity contribution < 1.29 is 27.9 Å². The van der Waals surface area contributed by atoms with E-state index >= 15 is 0 Å². The molecule has 2 amide bonds. The predicted octanol–water partition coefficient (Wildman–Crippen LogP) is 4.17. The summed E-state index contributed by atoms with van der Waals surface area (Å²) in [7, 11) is 0. The summed E-state index contributed by atoms with van der Waals surface area (Å²) in [4.78, 5) is 33.8. The van der Waals surface area contributed by atoms with Gasteiger partial charge in [0.2, 0.25) is 11.8 Å². The first-order chi connectivity index (χ1) is 19.2. The number of rotatable bonds is 7. The van der Waals surface area contributed by atoms with Crippen LogP contribution in [0.25, 0.3) is 10.4 Å². The Morgan fingerprint density at radius 2 is 1.88 bits per heavy atom. The molecule has 1 aliphatic heterocycles. The van der Waals surface area contributed by atoms with E-state index in [2.05, 4.69) is 20.6 Å². The van der Waals surface area contributed by atoms with Gasteiger partial charge in [0.1, 0.15) is 17.5 Å². The van der Waals surface area contributed by atoms with E-state index in [0.717, 1.165) is 21.7 Å². The molecule has 2 fully saturated rings. The molecule has 3 aromatic rings. The van der Waals surface area contributed by atoms with Crippen LogP contribution in [0.15, 0.2) is 36.0 Å². The third-order valence-electron chi connectivity index (χ3n) is 7.91. The Labute approximate surface area is 239 Å². The van der Waals surface area contributed by atoms with Crippen LogP contribution in [0.4, 0.5) is 13.2 Å². The van der Waals surface area contributed by atoms with Crippen molar-refractivity contribution in [1.29, 1.82) is 0 Å². The number of aromatic nitrogens is 4. The van der Waals surface area contributed by atoms with Gasteiger partial charge in [-0.15, -0.1) is 16.4 Å². The lowest BCUT2D eigenvalue weighted by molar-refractivity contribution is -0.161. The predicted molar refractivity (Wildman–Crippen MR) is 146 cm³/mol. The van der Waals surface area contributed by atoms with Gasteiger partial charge in [0.15, 0.2) is 0 Å². The minimum atomic E-state index is -4.46. The Morgan fingerprint density at radius 3 is 2.44 bits per heavy atom. The summed E-state index contributed by atoms with van der Waals surface area (Å²) >= 11 is 1.55. The number of benzene rings is 1. The van der Waals surface area contributed by atoms with Crippen molar-refractivity contribution in [2.75, 3.05) is 6.54 Å². The highest BCUT2D eigenvalue weighted by molar-refractivity contribution is 7.13. The Hall–Kier alpha value is -3.32. The minimum Gasteiger partial charge on any atom is -0.391 e. The number of β-amino-alcohol motifs (C(OH)–C–C–N with tert-alkyl or cyclic N) is 1. The smallest absolute Gasteiger partial charge is 0.391 e. The minimum absolute atomic E-state index is 0.0534. The fourth-order valence-corrected chi connectivity index (χ4v) is 6.25. The van der Waals surface area contributed by atoms with Gasteiger partial charge >= 0.3 is 6.18 Å². The van der Waals surface area contributed by atoms with Crippen LogP contribution in [-0.2, 0) is 21.5 Å². The van der Waals surface area contributed by atoms with Crippen LogP contribution in [0.3, 0.4) is 0 Å². The number of hydrogen-bond donors (Lipinski definition) is 2. The van der Waals surface area contributed by atoms with Crippen molar-refractivity contribution in [3.05, 3.63) is 52.9 Å². The lowest BCUT2D eigenvalue weighted by Crippen LogP contribution is -2.50. The molecule has 2 aliphatic rings. The van der Waals surface area contributed by atoms with Gasteiger partial charge in [-0.25, -0.2) is 9.67 Å². The quantitative estimate of drug-likeness (QED) is 0.427. The highest BCUT2D eigenvalue weighted by atomic mass is 32.1. The number of carbonyl (C=O) groups excluding carboxylic acids is 2. The Kier molecular flexibility index (Phi) is 7.48. The number of aliphatic hydroxyl groups excluding tert-OH is 1. The lowest BCUT2D eigenvalue weighted by Gasteiger charge is -2.34. The number of aryl methyl sites for hydroxylation is 1. The number of nitrogens with one attached hydrogen (secondary N) is 1. The first-order valence-electron chi connectivity index (χ1n) is 13.5. The summed E-state index contributed by atoms with van der Waals surface area (Å²) in [5, 5.41) is 21.0. The monoisotopic (exact) mass is 590 g/mol. The lowest BCUT2D eigenvalue weighted by atomic mass is 9.85. The molecule has 9 nitrogen and oxygen atoms in total. The van der Waals surface area contributed by atoms with E-state index in [1.165, 1.54) is 15.8 Å². The topological polar surface area (TPSA) is 113 Å². The number of alkyl halides is 3. The third kappa shape index (κ3) is 5.61. The average Bonchev–Trinajstić information content (AvgIpc) is 3.18. The molecule has 0 radical (unpaired) electrons. The van der Waals surface area contributed by atoms with Crippen molar-refractivity contribution >= 4 is 23.2 Å². The van der Waals surface area contributed by atoms with Crippen molar-refractivity contribution in [2.24, 2.45) is 5.41 Å². The number of nitrogens with zero attached hydrogens (tertiary/aromatic N) is 5. The van der Waals surface area contributed by atoms with Gasteiger partial charge in [-0.05, 0) is 36.3 Å². The molecule has 1 aromatic carbocycles. The van der Waals surface area contributed by atoms with Crippen molar-refractivity contribution in [3.63, 3.8) is 0 Å². The maximum absolute atomic E-state index is 13.9. The second-order valence-electron chi connectivity index (χ2n) is 12.0. The van der Waals surface area contributed by atoms with Gasteiger partial charge in [0, 0.05) is 19.5 Å². The molecule has 41 heavy (non-hydrogen) atoms. The molecule has 5 rings (SSSR count). The second kappa shape index (κ2) is 10.5. The van der Waals surface area contributed by atoms with E-state index in [1.54, 1.807) is 37.6 Å². The molecule has 2 aromatic heterocycles. The van der Waals surface area contributed by atoms with E-state index in [-0.39, 0.29) is 38.0 Å². The first-order valence-corrected chi connectivity index (χ1v) is 14.3. The molecule has 1 aliphatic carbocycles. The molecule has 0 bridgehead atoms. The van der Waals surface area contributed by atoms with Crippen LogP contribution in [0.2, 0.25) is 0 Å². The molecule has 3 heterocycles. The highest BCUT2D eigenvalue weighted by Gasteiger charge is 2.66. The van der Waals surface area contributed by atoms with E-state index < -0.39 is 47.0 Å². The average molecular weight is 591 g/mol. The number of halogens is 3. The molecular formula is C28H33F3N6O3S. The molecule has 1 saturated carbocycles. The molecule has 3 unspecified atom stereocenters. The first kappa shape index (κ1) is 29.2. The molecule has 2 N–H and O–H groups in total. The zero-order valence-corrected chi connectivity index (χ0v) is 24.1. The van der Waals surface area contributed by atoms with E-state index in [9.17, 15) is 27.9 Å². The van der Waals surface area contributed by atoms with Gasteiger partial charge in [-0.3, -0.25) is 9.59 Å². The molecule has 220 valence electrons. The SMILES string of the molecule is Cc1ncsc1-c1ccc(CNC(=O)C2CC(O)CN2C(=O)C(n2cc(C3(C(F)(F)F)CC3)nn2)C(C)(C)C)cc1. The number of likely N-dealkylation sites (tertiary alicyclic amines) is 1.